The lowest BCUT2D eigenvalue weighted by atomic mass is 9.85. The first-order chi connectivity index (χ1) is 19.6. The Kier molecular flexibility index (Phi) is 7.90. The van der Waals surface area contributed by atoms with E-state index < -0.39 is 11.1 Å². The fraction of sp³-hybridized carbons (Fsp3) is 0.467. The second-order valence-electron chi connectivity index (χ2n) is 11.3. The van der Waals surface area contributed by atoms with Crippen molar-refractivity contribution in [3.8, 4) is 5.75 Å². The van der Waals surface area contributed by atoms with E-state index >= 15 is 0 Å². The van der Waals surface area contributed by atoms with Crippen LogP contribution in [0, 0.1) is 0 Å². The molecule has 2 saturated heterocycles. The summed E-state index contributed by atoms with van der Waals surface area (Å²) >= 11 is 0. The van der Waals surface area contributed by atoms with E-state index in [4.69, 9.17) is 14.5 Å². The first-order valence-corrected chi connectivity index (χ1v) is 13.9. The predicted octanol–water partition coefficient (Wildman–Crippen LogP) is 3.55. The van der Waals surface area contributed by atoms with E-state index in [1.807, 2.05) is 35.2 Å². The Bertz CT molecular complexity index is 1370. The molecule has 5 rings (SSSR count). The molecule has 3 amide bonds. The van der Waals surface area contributed by atoms with Gasteiger partial charge in [0.15, 0.2) is 0 Å². The number of piperidine rings is 1. The number of H-pyrrole nitrogens is 1. The summed E-state index contributed by atoms with van der Waals surface area (Å²) in [7, 11) is 3.27. The standard InChI is InChI=1S/C30H38N6O5/c1-29(2,39)27(37)34-13-11-30(12-14-34)20-35(28(38)36(30)19-21-7-5-8-23(15-21)40-3)26-10-6-9-25(41-4)24(18-31-26)22-16-32-33-17-22/h5,7-8,10,15-18,39H,6,9,11-14,19-20H2,1-4H3,(H,32,33)/b25-24-,26-10+,31-18+. The molecule has 0 aliphatic carbocycles. The molecule has 4 heterocycles. The highest BCUT2D eigenvalue weighted by molar-refractivity contribution is 6.11. The number of nitrogens with zero attached hydrogens (tertiary/aromatic N) is 5. The molecular weight excluding hydrogens is 524 g/mol. The molecule has 11 nitrogen and oxygen atoms in total. The monoisotopic (exact) mass is 562 g/mol. The molecule has 0 saturated carbocycles. The average Bonchev–Trinajstić information content (AvgIpc) is 3.57. The molecule has 0 atom stereocenters. The van der Waals surface area contributed by atoms with Crippen LogP contribution >= 0.6 is 0 Å². The van der Waals surface area contributed by atoms with Gasteiger partial charge in [0.05, 0.1) is 32.5 Å². The minimum absolute atomic E-state index is 0.125. The van der Waals surface area contributed by atoms with Crippen molar-refractivity contribution in [2.45, 2.75) is 57.2 Å². The number of aliphatic hydroxyl groups is 1. The molecule has 3 aliphatic rings. The lowest BCUT2D eigenvalue weighted by Crippen LogP contribution is -2.57. The molecule has 218 valence electrons. The highest BCUT2D eigenvalue weighted by Crippen LogP contribution is 2.40. The molecule has 1 aromatic carbocycles. The van der Waals surface area contributed by atoms with Crippen LogP contribution in [0.4, 0.5) is 4.79 Å². The Labute approximate surface area is 240 Å². The summed E-state index contributed by atoms with van der Waals surface area (Å²) < 4.78 is 11.1. The minimum atomic E-state index is -1.44. The Balaban J connectivity index is 1.45. The van der Waals surface area contributed by atoms with E-state index in [2.05, 4.69) is 10.2 Å². The maximum atomic E-state index is 14.2. The number of urea groups is 1. The molecule has 3 aliphatic heterocycles. The van der Waals surface area contributed by atoms with E-state index in [0.29, 0.717) is 57.7 Å². The number of hydrogen-bond acceptors (Lipinski definition) is 7. The number of amides is 3. The van der Waals surface area contributed by atoms with Gasteiger partial charge >= 0.3 is 6.03 Å². The molecule has 0 radical (unpaired) electrons. The van der Waals surface area contributed by atoms with Gasteiger partial charge in [-0.2, -0.15) is 5.10 Å². The lowest BCUT2D eigenvalue weighted by molar-refractivity contribution is -0.150. The Morgan fingerprint density at radius 1 is 1.20 bits per heavy atom. The number of methoxy groups -OCH3 is 2. The number of allylic oxidation sites excluding steroid dienone is 3. The maximum absolute atomic E-state index is 14.2. The van der Waals surface area contributed by atoms with Gasteiger partial charge in [-0.3, -0.25) is 14.8 Å². The van der Waals surface area contributed by atoms with E-state index in [-0.39, 0.29) is 11.9 Å². The number of benzene rings is 1. The number of ether oxygens (including phenoxy) is 2. The largest absolute Gasteiger partial charge is 0.500 e. The van der Waals surface area contributed by atoms with Crippen LogP contribution in [0.5, 0.6) is 5.75 Å². The first-order valence-electron chi connectivity index (χ1n) is 13.9. The number of rotatable bonds is 7. The number of aliphatic imine (C=N–C) groups is 1. The number of aromatic nitrogens is 2. The van der Waals surface area contributed by atoms with Crippen LogP contribution in [0.15, 0.2) is 59.3 Å². The van der Waals surface area contributed by atoms with E-state index in [0.717, 1.165) is 28.2 Å². The van der Waals surface area contributed by atoms with Crippen molar-refractivity contribution < 1.29 is 24.2 Å². The van der Waals surface area contributed by atoms with Crippen molar-refractivity contribution in [2.75, 3.05) is 33.9 Å². The summed E-state index contributed by atoms with van der Waals surface area (Å²) in [6.07, 6.45) is 9.72. The average molecular weight is 563 g/mol. The molecule has 1 spiro atoms. The lowest BCUT2D eigenvalue weighted by Gasteiger charge is -2.44. The van der Waals surface area contributed by atoms with Gasteiger partial charge in [-0.1, -0.05) is 12.1 Å². The molecule has 41 heavy (non-hydrogen) atoms. The Morgan fingerprint density at radius 2 is 1.98 bits per heavy atom. The van der Waals surface area contributed by atoms with Crippen LogP contribution in [-0.2, 0) is 16.1 Å². The van der Waals surface area contributed by atoms with Crippen LogP contribution in [0.3, 0.4) is 0 Å². The minimum Gasteiger partial charge on any atom is -0.500 e. The maximum Gasteiger partial charge on any atom is 0.326 e. The van der Waals surface area contributed by atoms with Gasteiger partial charge in [0, 0.05) is 49.6 Å². The molecular formula is C30H38N6O5. The zero-order valence-corrected chi connectivity index (χ0v) is 24.1. The summed E-state index contributed by atoms with van der Waals surface area (Å²) in [6, 6.07) is 7.60. The highest BCUT2D eigenvalue weighted by atomic mass is 16.5. The van der Waals surface area contributed by atoms with Crippen LogP contribution in [0.2, 0.25) is 0 Å². The van der Waals surface area contributed by atoms with Gasteiger partial charge < -0.3 is 24.4 Å². The number of likely N-dealkylation sites (tertiary alicyclic amines) is 1. The van der Waals surface area contributed by atoms with Gasteiger partial charge in [-0.25, -0.2) is 9.79 Å². The quantitative estimate of drug-likeness (QED) is 0.532. The SMILES string of the molecule is CO/C1=C(c2cn[nH]c2)/C=N/C(N2CC3(CCN(C(=O)C(C)(C)O)CC3)N(Cc3cccc(OC)c3)C2=O)=C\CC1. The summed E-state index contributed by atoms with van der Waals surface area (Å²) in [5.74, 6) is 1.82. The first kappa shape index (κ1) is 28.4. The number of aromatic amines is 1. The molecule has 1 aromatic heterocycles. The number of hydrogen-bond donors (Lipinski definition) is 2. The van der Waals surface area contributed by atoms with E-state index in [1.165, 1.54) is 13.8 Å². The van der Waals surface area contributed by atoms with Gasteiger partial charge in [-0.15, -0.1) is 0 Å². The summed E-state index contributed by atoms with van der Waals surface area (Å²) in [5.41, 5.74) is 0.691. The van der Waals surface area contributed by atoms with Crippen molar-refractivity contribution in [2.24, 2.45) is 4.99 Å². The van der Waals surface area contributed by atoms with Crippen molar-refractivity contribution in [3.63, 3.8) is 0 Å². The van der Waals surface area contributed by atoms with Gasteiger partial charge in [0.2, 0.25) is 0 Å². The Morgan fingerprint density at radius 3 is 2.63 bits per heavy atom. The molecule has 0 bridgehead atoms. The number of carbonyl (C=O) groups is 2. The summed E-state index contributed by atoms with van der Waals surface area (Å²) in [6.45, 7) is 4.77. The smallest absolute Gasteiger partial charge is 0.326 e. The third kappa shape index (κ3) is 5.72. The predicted molar refractivity (Wildman–Crippen MR) is 154 cm³/mol. The van der Waals surface area contributed by atoms with Crippen molar-refractivity contribution >= 4 is 23.7 Å². The molecule has 0 unspecified atom stereocenters. The third-order valence-electron chi connectivity index (χ3n) is 8.12. The molecule has 2 N–H and O–H groups in total. The van der Waals surface area contributed by atoms with E-state index in [9.17, 15) is 14.7 Å². The fourth-order valence-electron chi connectivity index (χ4n) is 5.85. The Hall–Kier alpha value is -4.12. The topological polar surface area (TPSA) is 124 Å². The van der Waals surface area contributed by atoms with E-state index in [1.54, 1.807) is 42.6 Å². The second kappa shape index (κ2) is 11.4. The van der Waals surface area contributed by atoms with Gasteiger partial charge in [0.25, 0.3) is 5.91 Å². The summed E-state index contributed by atoms with van der Waals surface area (Å²) in [4.78, 5) is 37.2. The second-order valence-corrected chi connectivity index (χ2v) is 11.3. The van der Waals surface area contributed by atoms with Gasteiger partial charge in [0.1, 0.15) is 22.9 Å². The van der Waals surface area contributed by atoms with Crippen LogP contribution in [0.25, 0.3) is 5.57 Å². The molecule has 2 aromatic rings. The van der Waals surface area contributed by atoms with Gasteiger partial charge in [-0.05, 0) is 56.9 Å². The highest BCUT2D eigenvalue weighted by Gasteiger charge is 2.52. The molecule has 2 fully saturated rings. The molecule has 11 heteroatoms. The third-order valence-corrected chi connectivity index (χ3v) is 8.12. The van der Waals surface area contributed by atoms with Crippen molar-refractivity contribution in [1.82, 2.24) is 24.9 Å². The van der Waals surface area contributed by atoms with Crippen LogP contribution in [0.1, 0.15) is 50.7 Å². The number of nitrogens with one attached hydrogen (secondary N) is 1. The summed E-state index contributed by atoms with van der Waals surface area (Å²) in [5, 5.41) is 17.2. The number of carbonyl (C=O) groups excluding carboxylic acids is 2. The van der Waals surface area contributed by atoms with Crippen LogP contribution < -0.4 is 4.74 Å². The zero-order chi connectivity index (χ0) is 29.2. The fourth-order valence-corrected chi connectivity index (χ4v) is 5.85. The van der Waals surface area contributed by atoms with Crippen molar-refractivity contribution in [1.29, 1.82) is 0 Å². The van der Waals surface area contributed by atoms with Crippen LogP contribution in [-0.4, -0.2) is 93.2 Å². The zero-order valence-electron chi connectivity index (χ0n) is 24.1. The normalized spacial score (nSPS) is 23.2. The van der Waals surface area contributed by atoms with Crippen molar-refractivity contribution in [3.05, 3.63) is 65.4 Å².